The van der Waals surface area contributed by atoms with Crippen LogP contribution in [0.1, 0.15) is 17.2 Å². The zero-order valence-corrected chi connectivity index (χ0v) is 9.82. The summed E-state index contributed by atoms with van der Waals surface area (Å²) in [5.74, 6) is 0. The van der Waals surface area contributed by atoms with E-state index >= 15 is 0 Å². The standard InChI is InChI=1S/C16H13NO/c18-16(12-6-2-1-3-7-12)14-10-13-8-4-5-9-15(13)17-11-14/h1-11,16,18H. The maximum Gasteiger partial charge on any atom is 0.106 e. The van der Waals surface area contributed by atoms with Gasteiger partial charge in [-0.3, -0.25) is 4.98 Å². The van der Waals surface area contributed by atoms with Crippen molar-refractivity contribution in [2.75, 3.05) is 0 Å². The van der Waals surface area contributed by atoms with Crippen LogP contribution in [-0.2, 0) is 0 Å². The van der Waals surface area contributed by atoms with Gasteiger partial charge in [0.2, 0.25) is 0 Å². The van der Waals surface area contributed by atoms with Crippen LogP contribution in [0.3, 0.4) is 0 Å². The Labute approximate surface area is 106 Å². The summed E-state index contributed by atoms with van der Waals surface area (Å²) in [6.07, 6.45) is 1.11. The maximum absolute atomic E-state index is 10.3. The van der Waals surface area contributed by atoms with Crippen LogP contribution in [0, 0.1) is 0 Å². The third kappa shape index (κ3) is 1.98. The average Bonchev–Trinajstić information content (AvgIpc) is 2.47. The minimum atomic E-state index is -0.622. The fourth-order valence-electron chi connectivity index (χ4n) is 2.07. The SMILES string of the molecule is OC(c1ccccc1)c1cnc2ccccc2c1. The number of aliphatic hydroxyl groups excluding tert-OH is 1. The first-order valence-electron chi connectivity index (χ1n) is 5.92. The number of pyridine rings is 1. The molecule has 2 nitrogen and oxygen atoms in total. The lowest BCUT2D eigenvalue weighted by Gasteiger charge is -2.11. The topological polar surface area (TPSA) is 33.1 Å². The zero-order chi connectivity index (χ0) is 12.4. The van der Waals surface area contributed by atoms with Crippen molar-refractivity contribution in [3.63, 3.8) is 0 Å². The van der Waals surface area contributed by atoms with Crippen LogP contribution >= 0.6 is 0 Å². The van der Waals surface area contributed by atoms with Crippen LogP contribution in [0.4, 0.5) is 0 Å². The molecule has 0 saturated heterocycles. The molecule has 2 aromatic carbocycles. The quantitative estimate of drug-likeness (QED) is 0.739. The van der Waals surface area contributed by atoms with Gasteiger partial charge in [0.05, 0.1) is 5.52 Å². The predicted molar refractivity (Wildman–Crippen MR) is 72.2 cm³/mol. The van der Waals surface area contributed by atoms with Crippen molar-refractivity contribution in [3.05, 3.63) is 78.0 Å². The third-order valence-corrected chi connectivity index (χ3v) is 3.04. The minimum absolute atomic E-state index is 0.622. The summed E-state index contributed by atoms with van der Waals surface area (Å²) in [6, 6.07) is 19.5. The number of nitrogens with zero attached hydrogens (tertiary/aromatic N) is 1. The smallest absolute Gasteiger partial charge is 0.106 e. The molecule has 1 unspecified atom stereocenters. The summed E-state index contributed by atoms with van der Waals surface area (Å²) >= 11 is 0. The molecule has 2 heteroatoms. The molecule has 1 N–H and O–H groups in total. The molecule has 1 aromatic heterocycles. The Hall–Kier alpha value is -2.19. The van der Waals surface area contributed by atoms with Crippen LogP contribution in [0.5, 0.6) is 0 Å². The van der Waals surface area contributed by atoms with Crippen molar-refractivity contribution in [2.45, 2.75) is 6.10 Å². The number of hydrogen-bond acceptors (Lipinski definition) is 2. The third-order valence-electron chi connectivity index (χ3n) is 3.04. The lowest BCUT2D eigenvalue weighted by atomic mass is 10.0. The highest BCUT2D eigenvalue weighted by Gasteiger charge is 2.10. The van der Waals surface area contributed by atoms with Crippen LogP contribution in [0.25, 0.3) is 10.9 Å². The Morgan fingerprint density at radius 2 is 1.56 bits per heavy atom. The van der Waals surface area contributed by atoms with Gasteiger partial charge in [0.15, 0.2) is 0 Å². The van der Waals surface area contributed by atoms with Gasteiger partial charge in [-0.15, -0.1) is 0 Å². The van der Waals surface area contributed by atoms with Crippen LogP contribution in [0.15, 0.2) is 66.9 Å². The van der Waals surface area contributed by atoms with Gasteiger partial charge in [-0.2, -0.15) is 0 Å². The van der Waals surface area contributed by atoms with Crippen molar-refractivity contribution < 1.29 is 5.11 Å². The molecular formula is C16H13NO. The lowest BCUT2D eigenvalue weighted by molar-refractivity contribution is 0.220. The monoisotopic (exact) mass is 235 g/mol. The minimum Gasteiger partial charge on any atom is -0.384 e. The normalized spacial score (nSPS) is 12.5. The lowest BCUT2D eigenvalue weighted by Crippen LogP contribution is -2.00. The fourth-order valence-corrected chi connectivity index (χ4v) is 2.07. The molecule has 0 amide bonds. The second-order valence-corrected chi connectivity index (χ2v) is 4.27. The Morgan fingerprint density at radius 3 is 2.39 bits per heavy atom. The van der Waals surface area contributed by atoms with Crippen molar-refractivity contribution in [1.29, 1.82) is 0 Å². The van der Waals surface area contributed by atoms with Gasteiger partial charge in [-0.1, -0.05) is 48.5 Å². The molecule has 0 spiro atoms. The predicted octanol–water partition coefficient (Wildman–Crippen LogP) is 3.32. The molecule has 0 aliphatic carbocycles. The van der Waals surface area contributed by atoms with Crippen molar-refractivity contribution in [3.8, 4) is 0 Å². The fraction of sp³-hybridized carbons (Fsp3) is 0.0625. The number of para-hydroxylation sites is 1. The molecule has 0 fully saturated rings. The first kappa shape index (κ1) is 10.9. The second-order valence-electron chi connectivity index (χ2n) is 4.27. The first-order chi connectivity index (χ1) is 8.84. The van der Waals surface area contributed by atoms with Gasteiger partial charge in [-0.05, 0) is 17.7 Å². The van der Waals surface area contributed by atoms with Gasteiger partial charge in [0.25, 0.3) is 0 Å². The van der Waals surface area contributed by atoms with E-state index in [2.05, 4.69) is 4.98 Å². The molecular weight excluding hydrogens is 222 g/mol. The van der Waals surface area contributed by atoms with Gasteiger partial charge in [0, 0.05) is 17.1 Å². The van der Waals surface area contributed by atoms with E-state index in [4.69, 9.17) is 0 Å². The molecule has 1 atom stereocenters. The van der Waals surface area contributed by atoms with E-state index in [1.54, 1.807) is 6.20 Å². The molecule has 0 saturated carbocycles. The largest absolute Gasteiger partial charge is 0.384 e. The summed E-state index contributed by atoms with van der Waals surface area (Å²) < 4.78 is 0. The van der Waals surface area contributed by atoms with Gasteiger partial charge < -0.3 is 5.11 Å². The molecule has 88 valence electrons. The number of benzene rings is 2. The molecule has 0 radical (unpaired) electrons. The highest BCUT2D eigenvalue weighted by molar-refractivity contribution is 5.78. The van der Waals surface area contributed by atoms with E-state index in [0.717, 1.165) is 22.0 Å². The number of rotatable bonds is 2. The van der Waals surface area contributed by atoms with Crippen LogP contribution in [-0.4, -0.2) is 10.1 Å². The van der Waals surface area contributed by atoms with Crippen molar-refractivity contribution >= 4 is 10.9 Å². The van der Waals surface area contributed by atoms with Gasteiger partial charge in [-0.25, -0.2) is 0 Å². The molecule has 3 rings (SSSR count). The van der Waals surface area contributed by atoms with Gasteiger partial charge >= 0.3 is 0 Å². The highest BCUT2D eigenvalue weighted by Crippen LogP contribution is 2.23. The van der Waals surface area contributed by atoms with Crippen molar-refractivity contribution in [1.82, 2.24) is 4.98 Å². The molecule has 0 bridgehead atoms. The summed E-state index contributed by atoms with van der Waals surface area (Å²) in [6.45, 7) is 0. The van der Waals surface area contributed by atoms with E-state index < -0.39 is 6.10 Å². The Bertz CT molecular complexity index is 664. The van der Waals surface area contributed by atoms with Crippen LogP contribution in [0.2, 0.25) is 0 Å². The zero-order valence-electron chi connectivity index (χ0n) is 9.82. The van der Waals surface area contributed by atoms with E-state index in [-0.39, 0.29) is 0 Å². The molecule has 3 aromatic rings. The van der Waals surface area contributed by atoms with E-state index in [0.29, 0.717) is 0 Å². The Kier molecular flexibility index (Phi) is 2.79. The number of fused-ring (bicyclic) bond motifs is 1. The molecule has 0 aliphatic heterocycles. The number of aliphatic hydroxyl groups is 1. The van der Waals surface area contributed by atoms with E-state index in [1.807, 2.05) is 60.7 Å². The molecule has 0 aliphatic rings. The van der Waals surface area contributed by atoms with Gasteiger partial charge in [0.1, 0.15) is 6.10 Å². The first-order valence-corrected chi connectivity index (χ1v) is 5.92. The second kappa shape index (κ2) is 4.59. The number of aromatic nitrogens is 1. The molecule has 1 heterocycles. The van der Waals surface area contributed by atoms with Crippen LogP contribution < -0.4 is 0 Å². The number of hydrogen-bond donors (Lipinski definition) is 1. The summed E-state index contributed by atoms with van der Waals surface area (Å²) in [5, 5.41) is 11.4. The van der Waals surface area contributed by atoms with E-state index in [1.165, 1.54) is 0 Å². The Morgan fingerprint density at radius 1 is 0.833 bits per heavy atom. The van der Waals surface area contributed by atoms with E-state index in [9.17, 15) is 5.11 Å². The Balaban J connectivity index is 2.04. The summed E-state index contributed by atoms with van der Waals surface area (Å²) in [5.41, 5.74) is 2.65. The maximum atomic E-state index is 10.3. The highest BCUT2D eigenvalue weighted by atomic mass is 16.3. The average molecular weight is 235 g/mol. The summed E-state index contributed by atoms with van der Waals surface area (Å²) in [4.78, 5) is 4.37. The summed E-state index contributed by atoms with van der Waals surface area (Å²) in [7, 11) is 0. The van der Waals surface area contributed by atoms with Crippen molar-refractivity contribution in [2.24, 2.45) is 0 Å². The molecule has 18 heavy (non-hydrogen) atoms.